The number of carbonyl (C=O) groups is 2. The number of halogens is 1. The summed E-state index contributed by atoms with van der Waals surface area (Å²) < 4.78 is 62.4. The largest absolute Gasteiger partial charge is 0.497 e. The minimum Gasteiger partial charge on any atom is -0.497 e. The van der Waals surface area contributed by atoms with Gasteiger partial charge in [-0.05, 0) is 86.8 Å². The lowest BCUT2D eigenvalue weighted by molar-refractivity contribution is -0.138. The van der Waals surface area contributed by atoms with Gasteiger partial charge in [0.05, 0.1) is 33.1 Å². The number of hydrogen-bond acceptors (Lipinski definition) is 9. The standard InChI is InChI=1S/C36H43FN4O7S/c1-38(2)34(42)30-10-9-19-40(30)36(28-20-24(11-15-31(28)47-4)23-39-17-7-6-8-18-39)27-21-25(37)12-14-29(27)41(35(36)43)49(44,45)33-16-13-26(46-3)22-32(33)48-5/h11-16,20-22,30H,6-10,17-19,23H2,1-5H3/t30-,36?/m0/s1. The van der Waals surface area contributed by atoms with Crippen molar-refractivity contribution in [1.82, 2.24) is 14.7 Å². The summed E-state index contributed by atoms with van der Waals surface area (Å²) in [6.07, 6.45) is 4.32. The van der Waals surface area contributed by atoms with Gasteiger partial charge in [0.2, 0.25) is 5.91 Å². The van der Waals surface area contributed by atoms with Gasteiger partial charge < -0.3 is 19.1 Å². The third kappa shape index (κ3) is 5.81. The van der Waals surface area contributed by atoms with Gasteiger partial charge >= 0.3 is 0 Å². The van der Waals surface area contributed by atoms with Crippen molar-refractivity contribution in [2.75, 3.05) is 59.4 Å². The van der Waals surface area contributed by atoms with Crippen LogP contribution in [-0.4, -0.2) is 96.0 Å². The monoisotopic (exact) mass is 694 g/mol. The number of anilines is 1. The second-order valence-electron chi connectivity index (χ2n) is 12.9. The summed E-state index contributed by atoms with van der Waals surface area (Å²) in [6.45, 7) is 2.73. The maximum absolute atomic E-state index is 15.6. The molecule has 2 atom stereocenters. The molecule has 0 aromatic heterocycles. The molecule has 0 bridgehead atoms. The van der Waals surface area contributed by atoms with E-state index in [2.05, 4.69) is 4.90 Å². The molecule has 1 unspecified atom stereocenters. The molecule has 0 N–H and O–H groups in total. The first-order chi connectivity index (χ1) is 23.5. The minimum absolute atomic E-state index is 0.0179. The van der Waals surface area contributed by atoms with E-state index < -0.39 is 33.3 Å². The third-order valence-electron chi connectivity index (χ3n) is 9.87. The van der Waals surface area contributed by atoms with Crippen LogP contribution in [0, 0.1) is 5.82 Å². The average Bonchev–Trinajstić information content (AvgIpc) is 3.68. The molecule has 0 aliphatic carbocycles. The number of fused-ring (bicyclic) bond motifs is 1. The predicted molar refractivity (Wildman–Crippen MR) is 182 cm³/mol. The van der Waals surface area contributed by atoms with Crippen LogP contribution in [0.4, 0.5) is 10.1 Å². The van der Waals surface area contributed by atoms with Gasteiger partial charge in [0.15, 0.2) is 5.54 Å². The summed E-state index contributed by atoms with van der Waals surface area (Å²) in [4.78, 5) is 34.6. The molecule has 0 radical (unpaired) electrons. The molecule has 2 amide bonds. The molecule has 0 saturated carbocycles. The molecule has 3 aromatic carbocycles. The zero-order valence-corrected chi connectivity index (χ0v) is 29.4. The van der Waals surface area contributed by atoms with Gasteiger partial charge in [0.25, 0.3) is 15.9 Å². The lowest BCUT2D eigenvalue weighted by Crippen LogP contribution is -2.59. The Hall–Kier alpha value is -4.20. The number of ether oxygens (including phenoxy) is 3. The van der Waals surface area contributed by atoms with Crippen molar-refractivity contribution in [1.29, 1.82) is 0 Å². The average molecular weight is 695 g/mol. The van der Waals surface area contributed by atoms with E-state index in [4.69, 9.17) is 14.2 Å². The van der Waals surface area contributed by atoms with Crippen molar-refractivity contribution in [3.05, 3.63) is 77.1 Å². The van der Waals surface area contributed by atoms with E-state index in [1.807, 2.05) is 12.1 Å². The number of benzene rings is 3. The maximum Gasteiger partial charge on any atom is 0.274 e. The van der Waals surface area contributed by atoms with Crippen molar-refractivity contribution >= 4 is 27.5 Å². The Morgan fingerprint density at radius 2 is 1.61 bits per heavy atom. The Labute approximate surface area is 287 Å². The van der Waals surface area contributed by atoms with Crippen molar-refractivity contribution in [2.45, 2.75) is 55.1 Å². The number of amides is 2. The van der Waals surface area contributed by atoms with Gasteiger partial charge in [-0.2, -0.15) is 0 Å². The number of carbonyl (C=O) groups excluding carboxylic acids is 2. The Balaban J connectivity index is 1.64. The van der Waals surface area contributed by atoms with Gasteiger partial charge in [-0.3, -0.25) is 19.4 Å². The van der Waals surface area contributed by atoms with Crippen LogP contribution in [0.2, 0.25) is 0 Å². The smallest absolute Gasteiger partial charge is 0.274 e. The van der Waals surface area contributed by atoms with E-state index in [-0.39, 0.29) is 34.3 Å². The number of sulfonamides is 1. The molecule has 3 aliphatic rings. The summed E-state index contributed by atoms with van der Waals surface area (Å²) in [5, 5.41) is 0. The van der Waals surface area contributed by atoms with Crippen LogP contribution < -0.4 is 18.5 Å². The third-order valence-corrected chi connectivity index (χ3v) is 11.6. The molecule has 2 saturated heterocycles. The first kappa shape index (κ1) is 34.7. The second kappa shape index (κ2) is 13.6. The van der Waals surface area contributed by atoms with E-state index in [1.165, 1.54) is 63.0 Å². The van der Waals surface area contributed by atoms with Crippen LogP contribution in [0.5, 0.6) is 17.2 Å². The number of methoxy groups -OCH3 is 3. The molecular formula is C36H43FN4O7S. The summed E-state index contributed by atoms with van der Waals surface area (Å²) in [5.74, 6) is -1.12. The van der Waals surface area contributed by atoms with Crippen LogP contribution in [-0.2, 0) is 31.7 Å². The lowest BCUT2D eigenvalue weighted by atomic mass is 9.80. The Morgan fingerprint density at radius 1 is 0.878 bits per heavy atom. The van der Waals surface area contributed by atoms with E-state index in [0.29, 0.717) is 36.4 Å². The Bertz CT molecular complexity index is 1860. The second-order valence-corrected chi connectivity index (χ2v) is 14.7. The number of likely N-dealkylation sites (tertiary alicyclic amines) is 2. The molecule has 262 valence electrons. The maximum atomic E-state index is 15.6. The van der Waals surface area contributed by atoms with E-state index in [1.54, 1.807) is 25.1 Å². The quantitative estimate of drug-likeness (QED) is 0.306. The SMILES string of the molecule is COc1ccc(S(=O)(=O)N2C(=O)C(c3cc(CN4CCCCC4)ccc3OC)(N3CCC[C@H]3C(=O)N(C)C)c3cc(F)ccc32)c(OC)c1. The molecule has 49 heavy (non-hydrogen) atoms. The molecule has 3 heterocycles. The number of likely N-dealkylation sites (N-methyl/N-ethyl adjacent to an activating group) is 1. The van der Waals surface area contributed by atoms with Crippen LogP contribution in [0.1, 0.15) is 48.8 Å². The minimum atomic E-state index is -4.69. The Morgan fingerprint density at radius 3 is 2.29 bits per heavy atom. The zero-order chi connectivity index (χ0) is 35.1. The summed E-state index contributed by atoms with van der Waals surface area (Å²) in [5.41, 5.74) is -0.619. The number of piperidine rings is 1. The number of nitrogens with zero attached hydrogens (tertiary/aromatic N) is 4. The normalized spacial score (nSPS) is 21.5. The van der Waals surface area contributed by atoms with E-state index in [9.17, 15) is 13.2 Å². The molecule has 3 aliphatic heterocycles. The fraction of sp³-hybridized carbons (Fsp3) is 0.444. The first-order valence-corrected chi connectivity index (χ1v) is 17.9. The zero-order valence-electron chi connectivity index (χ0n) is 28.6. The molecule has 13 heteroatoms. The summed E-state index contributed by atoms with van der Waals surface area (Å²) in [6, 6.07) is 12.6. The lowest BCUT2D eigenvalue weighted by Gasteiger charge is -2.42. The Kier molecular flexibility index (Phi) is 9.62. The van der Waals surface area contributed by atoms with Gasteiger partial charge in [0, 0.05) is 44.4 Å². The summed E-state index contributed by atoms with van der Waals surface area (Å²) >= 11 is 0. The number of hydrogen-bond donors (Lipinski definition) is 0. The first-order valence-electron chi connectivity index (χ1n) is 16.5. The van der Waals surface area contributed by atoms with Crippen molar-refractivity contribution in [3.8, 4) is 17.2 Å². The van der Waals surface area contributed by atoms with Gasteiger partial charge in [-0.15, -0.1) is 0 Å². The van der Waals surface area contributed by atoms with Gasteiger partial charge in [-0.1, -0.05) is 12.5 Å². The summed E-state index contributed by atoms with van der Waals surface area (Å²) in [7, 11) is 2.84. The highest BCUT2D eigenvalue weighted by Crippen LogP contribution is 2.55. The van der Waals surface area contributed by atoms with Crippen molar-refractivity contribution in [2.24, 2.45) is 0 Å². The van der Waals surface area contributed by atoms with Gasteiger partial charge in [0.1, 0.15) is 28.0 Å². The fourth-order valence-electron chi connectivity index (χ4n) is 7.60. The molecule has 2 fully saturated rings. The highest BCUT2D eigenvalue weighted by atomic mass is 32.2. The highest BCUT2D eigenvalue weighted by molar-refractivity contribution is 7.93. The van der Waals surface area contributed by atoms with Crippen molar-refractivity contribution in [3.63, 3.8) is 0 Å². The molecule has 11 nitrogen and oxygen atoms in total. The van der Waals surface area contributed by atoms with Crippen molar-refractivity contribution < 1.29 is 36.6 Å². The molecule has 3 aromatic rings. The van der Waals surface area contributed by atoms with Crippen LogP contribution in [0.25, 0.3) is 0 Å². The molecular weight excluding hydrogens is 651 g/mol. The van der Waals surface area contributed by atoms with Crippen LogP contribution in [0.3, 0.4) is 0 Å². The number of rotatable bonds is 10. The fourth-order valence-corrected chi connectivity index (χ4v) is 9.20. The molecule has 6 rings (SSSR count). The van der Waals surface area contributed by atoms with Crippen LogP contribution in [0.15, 0.2) is 59.5 Å². The predicted octanol–water partition coefficient (Wildman–Crippen LogP) is 4.37. The van der Waals surface area contributed by atoms with Gasteiger partial charge in [-0.25, -0.2) is 17.1 Å². The highest BCUT2D eigenvalue weighted by Gasteiger charge is 2.63. The molecule has 0 spiro atoms. The van der Waals surface area contributed by atoms with E-state index in [0.717, 1.165) is 41.9 Å². The van der Waals surface area contributed by atoms with E-state index >= 15 is 9.18 Å². The van der Waals surface area contributed by atoms with Crippen LogP contribution >= 0.6 is 0 Å². The topological polar surface area (TPSA) is 109 Å².